The SMILES string of the molecule is CC1(C)CC(n2cc(I)cc2C(=O)O)CCO1. The van der Waals surface area contributed by atoms with Gasteiger partial charge in [0.25, 0.3) is 0 Å². The molecule has 0 saturated carbocycles. The van der Waals surface area contributed by atoms with Gasteiger partial charge in [-0.05, 0) is 55.3 Å². The number of rotatable bonds is 2. The molecule has 5 heteroatoms. The monoisotopic (exact) mass is 349 g/mol. The number of aromatic carboxylic acids is 1. The second-order valence-electron chi connectivity index (χ2n) is 5.01. The van der Waals surface area contributed by atoms with Crippen LogP contribution in [0.4, 0.5) is 0 Å². The van der Waals surface area contributed by atoms with Gasteiger partial charge in [-0.1, -0.05) is 0 Å². The van der Waals surface area contributed by atoms with E-state index in [0.29, 0.717) is 12.3 Å². The predicted octanol–water partition coefficient (Wildman–Crippen LogP) is 2.92. The van der Waals surface area contributed by atoms with Gasteiger partial charge in [-0.25, -0.2) is 4.79 Å². The Morgan fingerprint density at radius 3 is 2.94 bits per heavy atom. The molecule has 2 rings (SSSR count). The van der Waals surface area contributed by atoms with Gasteiger partial charge in [-0.15, -0.1) is 0 Å². The summed E-state index contributed by atoms with van der Waals surface area (Å²) >= 11 is 2.15. The molecule has 0 spiro atoms. The van der Waals surface area contributed by atoms with Gasteiger partial charge < -0.3 is 14.4 Å². The molecule has 0 amide bonds. The zero-order valence-corrected chi connectivity index (χ0v) is 12.1. The summed E-state index contributed by atoms with van der Waals surface area (Å²) in [5.74, 6) is -0.864. The maximum Gasteiger partial charge on any atom is 0.352 e. The van der Waals surface area contributed by atoms with Crippen molar-refractivity contribution in [1.29, 1.82) is 0 Å². The van der Waals surface area contributed by atoms with Gasteiger partial charge in [0.15, 0.2) is 0 Å². The first kappa shape index (κ1) is 12.9. The quantitative estimate of drug-likeness (QED) is 0.836. The molecule has 1 aliphatic heterocycles. The number of hydrogen-bond acceptors (Lipinski definition) is 2. The van der Waals surface area contributed by atoms with E-state index < -0.39 is 5.97 Å². The minimum atomic E-state index is -0.864. The molecule has 0 aromatic carbocycles. The van der Waals surface area contributed by atoms with E-state index >= 15 is 0 Å². The van der Waals surface area contributed by atoms with Crippen molar-refractivity contribution in [2.45, 2.75) is 38.3 Å². The van der Waals surface area contributed by atoms with E-state index in [2.05, 4.69) is 22.6 Å². The number of hydrogen-bond donors (Lipinski definition) is 1. The Hall–Kier alpha value is -0.560. The molecule has 17 heavy (non-hydrogen) atoms. The van der Waals surface area contributed by atoms with Crippen molar-refractivity contribution in [3.8, 4) is 0 Å². The van der Waals surface area contributed by atoms with Crippen LogP contribution >= 0.6 is 22.6 Å². The minimum absolute atomic E-state index is 0.172. The van der Waals surface area contributed by atoms with Crippen molar-refractivity contribution in [2.75, 3.05) is 6.61 Å². The van der Waals surface area contributed by atoms with Crippen LogP contribution in [0.25, 0.3) is 0 Å². The molecule has 1 atom stereocenters. The van der Waals surface area contributed by atoms with Gasteiger partial charge in [-0.3, -0.25) is 0 Å². The molecule has 1 fully saturated rings. The van der Waals surface area contributed by atoms with Gasteiger partial charge in [0, 0.05) is 22.4 Å². The van der Waals surface area contributed by atoms with Crippen molar-refractivity contribution < 1.29 is 14.6 Å². The first-order valence-electron chi connectivity index (χ1n) is 5.64. The smallest absolute Gasteiger partial charge is 0.352 e. The van der Waals surface area contributed by atoms with Crippen molar-refractivity contribution in [2.24, 2.45) is 0 Å². The highest BCUT2D eigenvalue weighted by atomic mass is 127. The van der Waals surface area contributed by atoms with Crippen LogP contribution in [0.2, 0.25) is 0 Å². The lowest BCUT2D eigenvalue weighted by Crippen LogP contribution is -2.35. The first-order chi connectivity index (χ1) is 7.89. The van der Waals surface area contributed by atoms with E-state index in [9.17, 15) is 9.90 Å². The van der Waals surface area contributed by atoms with E-state index in [1.807, 2.05) is 24.6 Å². The Kier molecular flexibility index (Phi) is 3.49. The van der Waals surface area contributed by atoms with E-state index in [0.717, 1.165) is 16.4 Å². The third kappa shape index (κ3) is 2.82. The van der Waals surface area contributed by atoms with E-state index in [1.165, 1.54) is 0 Å². The van der Waals surface area contributed by atoms with Crippen LogP contribution in [0.1, 0.15) is 43.2 Å². The lowest BCUT2D eigenvalue weighted by molar-refractivity contribution is -0.0694. The van der Waals surface area contributed by atoms with Gasteiger partial charge in [-0.2, -0.15) is 0 Å². The highest BCUT2D eigenvalue weighted by molar-refractivity contribution is 14.1. The topological polar surface area (TPSA) is 51.5 Å². The average Bonchev–Trinajstić information content (AvgIpc) is 2.59. The normalized spacial score (nSPS) is 23.6. The van der Waals surface area contributed by atoms with Crippen molar-refractivity contribution in [3.63, 3.8) is 0 Å². The third-order valence-electron chi connectivity index (χ3n) is 3.10. The molecule has 1 aromatic rings. The predicted molar refractivity (Wildman–Crippen MR) is 72.4 cm³/mol. The summed E-state index contributed by atoms with van der Waals surface area (Å²) in [6.07, 6.45) is 3.63. The standard InChI is InChI=1S/C12H16INO3/c1-12(2)6-9(3-4-17-12)14-7-8(13)5-10(14)11(15)16/h5,7,9H,3-4,6H2,1-2H3,(H,15,16). The Morgan fingerprint density at radius 2 is 2.35 bits per heavy atom. The van der Waals surface area contributed by atoms with Crippen molar-refractivity contribution in [3.05, 3.63) is 21.5 Å². The van der Waals surface area contributed by atoms with Crippen LogP contribution < -0.4 is 0 Å². The molecule has 0 radical (unpaired) electrons. The molecule has 0 bridgehead atoms. The van der Waals surface area contributed by atoms with E-state index in [1.54, 1.807) is 6.07 Å². The number of carbonyl (C=O) groups is 1. The lowest BCUT2D eigenvalue weighted by Gasteiger charge is -2.36. The third-order valence-corrected chi connectivity index (χ3v) is 3.69. The maximum absolute atomic E-state index is 11.2. The summed E-state index contributed by atoms with van der Waals surface area (Å²) in [5, 5.41) is 9.18. The van der Waals surface area contributed by atoms with Crippen molar-refractivity contribution >= 4 is 28.6 Å². The van der Waals surface area contributed by atoms with Crippen LogP contribution in [0, 0.1) is 3.57 Å². The van der Waals surface area contributed by atoms with E-state index in [4.69, 9.17) is 4.74 Å². The Labute approximate surface area is 114 Å². The number of carboxylic acids is 1. The van der Waals surface area contributed by atoms with E-state index in [-0.39, 0.29) is 11.6 Å². The van der Waals surface area contributed by atoms with Crippen LogP contribution in [-0.2, 0) is 4.74 Å². The molecule has 0 aliphatic carbocycles. The Balaban J connectivity index is 2.30. The molecular weight excluding hydrogens is 333 g/mol. The van der Waals surface area contributed by atoms with Crippen LogP contribution in [0.15, 0.2) is 12.3 Å². The largest absolute Gasteiger partial charge is 0.477 e. The molecular formula is C12H16INO3. The summed E-state index contributed by atoms with van der Waals surface area (Å²) < 4.78 is 8.51. The highest BCUT2D eigenvalue weighted by Gasteiger charge is 2.31. The lowest BCUT2D eigenvalue weighted by atomic mass is 9.93. The van der Waals surface area contributed by atoms with Gasteiger partial charge in [0.05, 0.1) is 5.60 Å². The molecule has 2 heterocycles. The molecule has 94 valence electrons. The van der Waals surface area contributed by atoms with Crippen LogP contribution in [0.5, 0.6) is 0 Å². The number of nitrogens with zero attached hydrogens (tertiary/aromatic N) is 1. The maximum atomic E-state index is 11.2. The molecule has 1 aromatic heterocycles. The first-order valence-corrected chi connectivity index (χ1v) is 6.71. The number of aromatic nitrogens is 1. The molecule has 1 unspecified atom stereocenters. The van der Waals surface area contributed by atoms with Crippen molar-refractivity contribution in [1.82, 2.24) is 4.57 Å². The summed E-state index contributed by atoms with van der Waals surface area (Å²) in [5.41, 5.74) is 0.200. The number of halogens is 1. The number of ether oxygens (including phenoxy) is 1. The van der Waals surface area contributed by atoms with Gasteiger partial charge in [0.1, 0.15) is 5.69 Å². The van der Waals surface area contributed by atoms with Gasteiger partial charge in [0.2, 0.25) is 0 Å². The fraction of sp³-hybridized carbons (Fsp3) is 0.583. The Bertz CT molecular complexity index is 439. The molecule has 1 aliphatic rings. The number of carboxylic acid groups (broad SMARTS) is 1. The second-order valence-corrected chi connectivity index (χ2v) is 6.26. The average molecular weight is 349 g/mol. The fourth-order valence-corrected chi connectivity index (χ4v) is 2.95. The highest BCUT2D eigenvalue weighted by Crippen LogP contribution is 2.33. The fourth-order valence-electron chi connectivity index (χ4n) is 2.36. The summed E-state index contributed by atoms with van der Waals surface area (Å²) in [4.78, 5) is 11.2. The van der Waals surface area contributed by atoms with Crippen LogP contribution in [-0.4, -0.2) is 27.9 Å². The summed E-state index contributed by atoms with van der Waals surface area (Å²) in [6, 6.07) is 1.93. The minimum Gasteiger partial charge on any atom is -0.477 e. The molecule has 4 nitrogen and oxygen atoms in total. The molecule has 1 N–H and O–H groups in total. The second kappa shape index (κ2) is 4.61. The van der Waals surface area contributed by atoms with Gasteiger partial charge >= 0.3 is 5.97 Å². The summed E-state index contributed by atoms with van der Waals surface area (Å²) in [6.45, 7) is 4.79. The van der Waals surface area contributed by atoms with Crippen LogP contribution in [0.3, 0.4) is 0 Å². The zero-order valence-electron chi connectivity index (χ0n) is 9.94. The molecule has 1 saturated heterocycles. The Morgan fingerprint density at radius 1 is 1.65 bits per heavy atom. The zero-order chi connectivity index (χ0) is 12.6. The summed E-state index contributed by atoms with van der Waals surface area (Å²) in [7, 11) is 0.